The maximum absolute atomic E-state index is 11.2. The van der Waals surface area contributed by atoms with Crippen LogP contribution >= 0.6 is 8.25 Å². The minimum atomic E-state index is -3.00. The molecule has 0 spiro atoms. The van der Waals surface area contributed by atoms with Crippen molar-refractivity contribution in [1.82, 2.24) is 4.90 Å². The molecule has 0 aliphatic carbocycles. The predicted octanol–water partition coefficient (Wildman–Crippen LogP) is 1.79. The Hall–Kier alpha value is 0.0300. The highest BCUT2D eigenvalue weighted by atomic mass is 31.1. The van der Waals surface area contributed by atoms with Gasteiger partial charge >= 0.3 is 8.25 Å². The van der Waals surface area contributed by atoms with Gasteiger partial charge in [-0.25, -0.2) is 0 Å². The third-order valence-electron chi connectivity index (χ3n) is 3.49. The Labute approximate surface area is 129 Å². The third kappa shape index (κ3) is 9.61. The lowest BCUT2D eigenvalue weighted by Gasteiger charge is -2.37. The van der Waals surface area contributed by atoms with E-state index in [9.17, 15) is 9.46 Å². The van der Waals surface area contributed by atoms with Crippen LogP contribution < -0.4 is 0 Å². The average Bonchev–Trinajstić information content (AvgIpc) is 2.41. The van der Waals surface area contributed by atoms with Gasteiger partial charge in [0.05, 0.1) is 5.60 Å². The van der Waals surface area contributed by atoms with Gasteiger partial charge in [0, 0.05) is 32.8 Å². The predicted molar refractivity (Wildman–Crippen MR) is 84.7 cm³/mol. The van der Waals surface area contributed by atoms with Crippen molar-refractivity contribution in [2.75, 3.05) is 32.8 Å². The number of hydrogen-bond acceptors (Lipinski definition) is 5. The molecular weight excluding hydrogens is 293 g/mol. The van der Waals surface area contributed by atoms with E-state index in [0.717, 1.165) is 25.7 Å². The first-order chi connectivity index (χ1) is 10.0. The molecule has 0 aliphatic heterocycles. The van der Waals surface area contributed by atoms with Crippen molar-refractivity contribution in [2.45, 2.75) is 58.0 Å². The Morgan fingerprint density at radius 1 is 1.05 bits per heavy atom. The van der Waals surface area contributed by atoms with Crippen LogP contribution in [0.25, 0.3) is 0 Å². The number of aliphatic hydroxyl groups excluding tert-OH is 2. The maximum Gasteiger partial charge on any atom is 0.317 e. The monoisotopic (exact) mass is 325 g/mol. The molecule has 0 aliphatic rings. The molecule has 0 aromatic rings. The second-order valence-electron chi connectivity index (χ2n) is 5.48. The SMILES string of the molecule is CCCC(CCC)(CN(CCCO)CCCO)O[PH](=O)O. The molecule has 3 N–H and O–H groups in total. The smallest absolute Gasteiger partial charge is 0.317 e. The van der Waals surface area contributed by atoms with Gasteiger partial charge < -0.3 is 24.5 Å². The third-order valence-corrected chi connectivity index (χ3v) is 4.10. The molecule has 6 nitrogen and oxygen atoms in total. The van der Waals surface area contributed by atoms with Gasteiger partial charge in [-0.3, -0.25) is 4.57 Å². The van der Waals surface area contributed by atoms with Crippen molar-refractivity contribution < 1.29 is 24.2 Å². The Bertz CT molecular complexity index is 264. The van der Waals surface area contributed by atoms with Crippen molar-refractivity contribution in [3.8, 4) is 0 Å². The number of aliphatic hydroxyl groups is 2. The fraction of sp³-hybridized carbons (Fsp3) is 1.00. The van der Waals surface area contributed by atoms with E-state index in [4.69, 9.17) is 14.7 Å². The fourth-order valence-corrected chi connectivity index (χ4v) is 3.42. The van der Waals surface area contributed by atoms with Gasteiger partial charge in [0.1, 0.15) is 0 Å². The minimum Gasteiger partial charge on any atom is -0.396 e. The summed E-state index contributed by atoms with van der Waals surface area (Å²) in [7, 11) is -3.00. The zero-order valence-corrected chi connectivity index (χ0v) is 14.4. The Morgan fingerprint density at radius 2 is 1.52 bits per heavy atom. The van der Waals surface area contributed by atoms with Crippen LogP contribution in [0.3, 0.4) is 0 Å². The lowest BCUT2D eigenvalue weighted by molar-refractivity contribution is 0.00626. The zero-order chi connectivity index (χ0) is 16.1. The van der Waals surface area contributed by atoms with Crippen LogP contribution in [0.4, 0.5) is 0 Å². The van der Waals surface area contributed by atoms with Gasteiger partial charge in [0.15, 0.2) is 0 Å². The minimum absolute atomic E-state index is 0.113. The summed E-state index contributed by atoms with van der Waals surface area (Å²) in [6.45, 7) is 6.25. The quantitative estimate of drug-likeness (QED) is 0.422. The van der Waals surface area contributed by atoms with E-state index in [0.29, 0.717) is 32.5 Å². The van der Waals surface area contributed by atoms with Gasteiger partial charge in [0.25, 0.3) is 0 Å². The van der Waals surface area contributed by atoms with Crippen molar-refractivity contribution in [1.29, 1.82) is 0 Å². The Balaban J connectivity index is 4.91. The second-order valence-corrected chi connectivity index (χ2v) is 6.22. The molecular formula is C14H32NO5P. The Morgan fingerprint density at radius 3 is 1.86 bits per heavy atom. The largest absolute Gasteiger partial charge is 0.396 e. The van der Waals surface area contributed by atoms with Gasteiger partial charge in [0.2, 0.25) is 0 Å². The van der Waals surface area contributed by atoms with Crippen LogP contribution in [0, 0.1) is 0 Å². The van der Waals surface area contributed by atoms with Crippen molar-refractivity contribution in [2.24, 2.45) is 0 Å². The van der Waals surface area contributed by atoms with Crippen LogP contribution in [-0.4, -0.2) is 58.5 Å². The van der Waals surface area contributed by atoms with Crippen molar-refractivity contribution in [3.05, 3.63) is 0 Å². The summed E-state index contributed by atoms with van der Waals surface area (Å²) in [4.78, 5) is 11.3. The van der Waals surface area contributed by atoms with Crippen molar-refractivity contribution in [3.63, 3.8) is 0 Å². The van der Waals surface area contributed by atoms with Crippen LogP contribution in [-0.2, 0) is 9.09 Å². The molecule has 0 rings (SSSR count). The molecule has 0 bridgehead atoms. The van der Waals surface area contributed by atoms with Crippen LogP contribution in [0.2, 0.25) is 0 Å². The molecule has 0 amide bonds. The normalized spacial score (nSPS) is 13.8. The fourth-order valence-electron chi connectivity index (χ4n) is 2.78. The van der Waals surface area contributed by atoms with Gasteiger partial charge in [-0.2, -0.15) is 0 Å². The van der Waals surface area contributed by atoms with Crippen LogP contribution in [0.15, 0.2) is 0 Å². The molecule has 0 aromatic heterocycles. The second kappa shape index (κ2) is 12.6. The first-order valence-corrected chi connectivity index (χ1v) is 9.16. The molecule has 0 heterocycles. The summed E-state index contributed by atoms with van der Waals surface area (Å²) in [5.41, 5.74) is -0.612. The van der Waals surface area contributed by atoms with E-state index < -0.39 is 13.9 Å². The highest BCUT2D eigenvalue weighted by Crippen LogP contribution is 2.34. The highest BCUT2D eigenvalue weighted by molar-refractivity contribution is 7.32. The van der Waals surface area contributed by atoms with E-state index in [1.807, 2.05) is 13.8 Å². The van der Waals surface area contributed by atoms with Gasteiger partial charge in [-0.15, -0.1) is 0 Å². The van der Waals surface area contributed by atoms with Gasteiger partial charge in [-0.05, 0) is 25.7 Å². The summed E-state index contributed by atoms with van der Waals surface area (Å²) in [6.07, 6.45) is 4.51. The Kier molecular flexibility index (Phi) is 12.6. The summed E-state index contributed by atoms with van der Waals surface area (Å²) in [5.74, 6) is 0. The summed E-state index contributed by atoms with van der Waals surface area (Å²) >= 11 is 0. The first kappa shape index (κ1) is 21.0. The van der Waals surface area contributed by atoms with E-state index in [1.54, 1.807) is 0 Å². The van der Waals surface area contributed by atoms with Gasteiger partial charge in [-0.1, -0.05) is 26.7 Å². The molecule has 0 saturated heterocycles. The zero-order valence-electron chi connectivity index (χ0n) is 13.4. The van der Waals surface area contributed by atoms with Crippen LogP contribution in [0.1, 0.15) is 52.4 Å². The topological polar surface area (TPSA) is 90.2 Å². The van der Waals surface area contributed by atoms with E-state index in [-0.39, 0.29) is 13.2 Å². The molecule has 128 valence electrons. The summed E-state index contributed by atoms with van der Waals surface area (Å²) in [6, 6.07) is 0. The van der Waals surface area contributed by atoms with Crippen molar-refractivity contribution >= 4 is 8.25 Å². The van der Waals surface area contributed by atoms with E-state index in [1.165, 1.54) is 0 Å². The molecule has 1 atom stereocenters. The molecule has 0 aromatic carbocycles. The van der Waals surface area contributed by atoms with Crippen LogP contribution in [0.5, 0.6) is 0 Å². The number of nitrogens with zero attached hydrogens (tertiary/aromatic N) is 1. The summed E-state index contributed by atoms with van der Waals surface area (Å²) < 4.78 is 16.7. The molecule has 7 heteroatoms. The molecule has 0 radical (unpaired) electrons. The lowest BCUT2D eigenvalue weighted by atomic mass is 9.92. The molecule has 0 fully saturated rings. The lowest BCUT2D eigenvalue weighted by Crippen LogP contribution is -2.45. The number of rotatable bonds is 14. The van der Waals surface area contributed by atoms with E-state index >= 15 is 0 Å². The molecule has 1 unspecified atom stereocenters. The first-order valence-electron chi connectivity index (χ1n) is 7.89. The molecule has 0 saturated carbocycles. The maximum atomic E-state index is 11.2. The summed E-state index contributed by atoms with van der Waals surface area (Å²) in [5, 5.41) is 18.0. The number of hydrogen-bond donors (Lipinski definition) is 3. The average molecular weight is 325 g/mol. The standard InChI is InChI=1S/C14H32NO5P/c1-3-7-14(8-4-2,20-21(18)19)13-15(9-5-11-16)10-6-12-17/h16-17,21H,3-13H2,1-2H3,(H,18,19). The highest BCUT2D eigenvalue weighted by Gasteiger charge is 2.33. The van der Waals surface area contributed by atoms with E-state index in [2.05, 4.69) is 4.90 Å². The molecule has 21 heavy (non-hydrogen) atoms.